The van der Waals surface area contributed by atoms with E-state index < -0.39 is 27.8 Å². The molecule has 0 aliphatic rings. The summed E-state index contributed by atoms with van der Waals surface area (Å²) >= 11 is 0. The van der Waals surface area contributed by atoms with Crippen molar-refractivity contribution in [3.63, 3.8) is 0 Å². The largest absolute Gasteiger partial charge is 0.497 e. The molecule has 0 aliphatic heterocycles. The molecule has 0 bridgehead atoms. The molecule has 0 fully saturated rings. The van der Waals surface area contributed by atoms with Crippen molar-refractivity contribution in [3.05, 3.63) is 77.6 Å². The van der Waals surface area contributed by atoms with E-state index in [-0.39, 0.29) is 10.5 Å². The zero-order valence-corrected chi connectivity index (χ0v) is 17.4. The summed E-state index contributed by atoms with van der Waals surface area (Å²) in [6.45, 7) is 0. The number of ether oxygens (including phenoxy) is 1. The third-order valence-corrected chi connectivity index (χ3v) is 6.01. The standard InChI is InChI=1S/C20H21FN4O4S/c1-22-30(27,28)15-8-9-17(21)16(12-15)20(26)24-18(19-23-10-11-25(19)2)13-4-6-14(29-3)7-5-13/h4-12,18,22H,1-3H3,(H,24,26). The quantitative estimate of drug-likeness (QED) is 0.595. The van der Waals surface area contributed by atoms with E-state index in [2.05, 4.69) is 15.0 Å². The van der Waals surface area contributed by atoms with Crippen LogP contribution in [0.4, 0.5) is 4.39 Å². The van der Waals surface area contributed by atoms with Crippen molar-refractivity contribution in [1.82, 2.24) is 19.6 Å². The molecule has 1 atom stereocenters. The van der Waals surface area contributed by atoms with Gasteiger partial charge in [-0.1, -0.05) is 12.1 Å². The lowest BCUT2D eigenvalue weighted by Crippen LogP contribution is -2.32. The first-order chi connectivity index (χ1) is 14.3. The van der Waals surface area contributed by atoms with Crippen molar-refractivity contribution >= 4 is 15.9 Å². The Balaban J connectivity index is 2.00. The first kappa shape index (κ1) is 21.5. The van der Waals surface area contributed by atoms with Gasteiger partial charge in [0.05, 0.1) is 17.6 Å². The van der Waals surface area contributed by atoms with E-state index in [1.165, 1.54) is 7.05 Å². The van der Waals surface area contributed by atoms with Crippen LogP contribution in [0.3, 0.4) is 0 Å². The van der Waals surface area contributed by atoms with E-state index >= 15 is 0 Å². The molecular weight excluding hydrogens is 411 g/mol. The molecule has 0 aliphatic carbocycles. The lowest BCUT2D eigenvalue weighted by atomic mass is 10.0. The van der Waals surface area contributed by atoms with Crippen molar-refractivity contribution in [3.8, 4) is 5.75 Å². The first-order valence-corrected chi connectivity index (χ1v) is 10.4. The lowest BCUT2D eigenvalue weighted by molar-refractivity contribution is 0.0937. The summed E-state index contributed by atoms with van der Waals surface area (Å²) in [5.41, 5.74) is 0.303. The van der Waals surface area contributed by atoms with Gasteiger partial charge in [-0.2, -0.15) is 0 Å². The van der Waals surface area contributed by atoms with Gasteiger partial charge in [0.25, 0.3) is 5.91 Å². The second kappa shape index (κ2) is 8.64. The van der Waals surface area contributed by atoms with Gasteiger partial charge in [0.2, 0.25) is 10.0 Å². The van der Waals surface area contributed by atoms with Gasteiger partial charge in [-0.05, 0) is 42.9 Å². The van der Waals surface area contributed by atoms with Crippen molar-refractivity contribution in [2.45, 2.75) is 10.9 Å². The summed E-state index contributed by atoms with van der Waals surface area (Å²) in [4.78, 5) is 17.0. The number of sulfonamides is 1. The van der Waals surface area contributed by atoms with Crippen molar-refractivity contribution in [1.29, 1.82) is 0 Å². The Labute approximate surface area is 173 Å². The van der Waals surface area contributed by atoms with Gasteiger partial charge in [-0.3, -0.25) is 4.79 Å². The summed E-state index contributed by atoms with van der Waals surface area (Å²) < 4.78 is 47.5. The Kier molecular flexibility index (Phi) is 6.18. The molecule has 0 saturated heterocycles. The molecule has 0 radical (unpaired) electrons. The molecule has 1 amide bonds. The number of nitrogens with zero attached hydrogens (tertiary/aromatic N) is 2. The summed E-state index contributed by atoms with van der Waals surface area (Å²) in [6.07, 6.45) is 3.30. The lowest BCUT2D eigenvalue weighted by Gasteiger charge is -2.20. The predicted octanol–water partition coefficient (Wildman–Crippen LogP) is 2.00. The number of carbonyl (C=O) groups excluding carboxylic acids is 1. The highest BCUT2D eigenvalue weighted by molar-refractivity contribution is 7.89. The molecule has 3 aromatic rings. The first-order valence-electron chi connectivity index (χ1n) is 8.92. The molecular formula is C20H21FN4O4S. The number of rotatable bonds is 7. The molecule has 3 rings (SSSR count). The van der Waals surface area contributed by atoms with Crippen LogP contribution in [0.5, 0.6) is 5.75 Å². The Morgan fingerprint density at radius 1 is 1.20 bits per heavy atom. The maximum Gasteiger partial charge on any atom is 0.255 e. The molecule has 8 nitrogen and oxygen atoms in total. The third-order valence-electron chi connectivity index (χ3n) is 4.60. The number of benzene rings is 2. The Morgan fingerprint density at radius 3 is 2.47 bits per heavy atom. The second-order valence-electron chi connectivity index (χ2n) is 6.43. The average Bonchev–Trinajstić information content (AvgIpc) is 3.17. The van der Waals surface area contributed by atoms with Gasteiger partial charge in [-0.15, -0.1) is 0 Å². The number of aryl methyl sites for hydroxylation is 1. The Morgan fingerprint density at radius 2 is 1.90 bits per heavy atom. The minimum Gasteiger partial charge on any atom is -0.497 e. The second-order valence-corrected chi connectivity index (χ2v) is 8.31. The molecule has 2 aromatic carbocycles. The number of aromatic nitrogens is 2. The number of nitrogens with one attached hydrogen (secondary N) is 2. The van der Waals surface area contributed by atoms with Gasteiger partial charge in [0.15, 0.2) is 0 Å². The van der Waals surface area contributed by atoms with Crippen LogP contribution in [0.15, 0.2) is 59.8 Å². The van der Waals surface area contributed by atoms with Crippen molar-refractivity contribution < 1.29 is 22.3 Å². The molecule has 1 heterocycles. The number of hydrogen-bond acceptors (Lipinski definition) is 5. The summed E-state index contributed by atoms with van der Waals surface area (Å²) in [5.74, 6) is -0.451. The highest BCUT2D eigenvalue weighted by Crippen LogP contribution is 2.24. The van der Waals surface area contributed by atoms with Crippen molar-refractivity contribution in [2.24, 2.45) is 7.05 Å². The van der Waals surface area contributed by atoms with Crippen LogP contribution in [0.25, 0.3) is 0 Å². The van der Waals surface area contributed by atoms with Crippen LogP contribution in [0.1, 0.15) is 27.8 Å². The molecule has 1 unspecified atom stereocenters. The fraction of sp³-hybridized carbons (Fsp3) is 0.200. The number of methoxy groups -OCH3 is 1. The van der Waals surface area contributed by atoms with E-state index in [1.807, 2.05) is 0 Å². The molecule has 2 N–H and O–H groups in total. The fourth-order valence-corrected chi connectivity index (χ4v) is 3.68. The van der Waals surface area contributed by atoms with E-state index in [4.69, 9.17) is 4.74 Å². The molecule has 0 saturated carbocycles. The highest BCUT2D eigenvalue weighted by Gasteiger charge is 2.24. The minimum absolute atomic E-state index is 0.213. The van der Waals surface area contributed by atoms with Crippen LogP contribution >= 0.6 is 0 Å². The minimum atomic E-state index is -3.84. The molecule has 30 heavy (non-hydrogen) atoms. The topological polar surface area (TPSA) is 102 Å². The number of hydrogen-bond donors (Lipinski definition) is 2. The van der Waals surface area contributed by atoms with Crippen LogP contribution in [0.2, 0.25) is 0 Å². The van der Waals surface area contributed by atoms with Crippen LogP contribution in [0, 0.1) is 5.82 Å². The number of halogens is 1. The Hall–Kier alpha value is -3.24. The zero-order chi connectivity index (χ0) is 21.9. The van der Waals surface area contributed by atoms with Gasteiger partial charge in [-0.25, -0.2) is 22.5 Å². The Bertz CT molecular complexity index is 1160. The predicted molar refractivity (Wildman–Crippen MR) is 108 cm³/mol. The van der Waals surface area contributed by atoms with Crippen LogP contribution < -0.4 is 14.8 Å². The number of imidazole rings is 1. The average molecular weight is 432 g/mol. The van der Waals surface area contributed by atoms with Crippen molar-refractivity contribution in [2.75, 3.05) is 14.2 Å². The normalized spacial score (nSPS) is 12.4. The maximum atomic E-state index is 14.4. The maximum absolute atomic E-state index is 14.4. The van der Waals surface area contributed by atoms with Gasteiger partial charge < -0.3 is 14.6 Å². The number of amides is 1. The van der Waals surface area contributed by atoms with E-state index in [0.717, 1.165) is 18.2 Å². The summed E-state index contributed by atoms with van der Waals surface area (Å²) in [5, 5.41) is 2.75. The zero-order valence-electron chi connectivity index (χ0n) is 16.6. The summed E-state index contributed by atoms with van der Waals surface area (Å²) in [7, 11) is 0.712. The third kappa shape index (κ3) is 4.34. The van der Waals surface area contributed by atoms with Crippen LogP contribution in [-0.2, 0) is 17.1 Å². The molecule has 158 valence electrons. The summed E-state index contributed by atoms with van der Waals surface area (Å²) in [6, 6.07) is 9.33. The smallest absolute Gasteiger partial charge is 0.255 e. The SMILES string of the molecule is CNS(=O)(=O)c1ccc(F)c(C(=O)NC(c2ccc(OC)cc2)c2nccn2C)c1. The fourth-order valence-electron chi connectivity index (χ4n) is 2.92. The molecule has 1 aromatic heterocycles. The van der Waals surface area contributed by atoms with Crippen LogP contribution in [-0.4, -0.2) is 38.0 Å². The molecule has 0 spiro atoms. The van der Waals surface area contributed by atoms with Gasteiger partial charge in [0.1, 0.15) is 23.4 Å². The van der Waals surface area contributed by atoms with Gasteiger partial charge in [0, 0.05) is 19.4 Å². The van der Waals surface area contributed by atoms with Gasteiger partial charge >= 0.3 is 0 Å². The van der Waals surface area contributed by atoms with E-state index in [0.29, 0.717) is 17.1 Å². The van der Waals surface area contributed by atoms with E-state index in [9.17, 15) is 17.6 Å². The highest BCUT2D eigenvalue weighted by atomic mass is 32.2. The number of carbonyl (C=O) groups is 1. The molecule has 10 heteroatoms. The van der Waals surface area contributed by atoms with E-state index in [1.54, 1.807) is 55.4 Å². The monoisotopic (exact) mass is 432 g/mol.